The lowest BCUT2D eigenvalue weighted by Gasteiger charge is -2.19. The Morgan fingerprint density at radius 2 is 1.06 bits per heavy atom. The maximum Gasteiger partial charge on any atom is 0.490 e. The minimum absolute atomic E-state index is 0.0765. The largest absolute Gasteiger partial charge is 0.490 e. The Hall–Kier alpha value is -6.89. The van der Waals surface area contributed by atoms with E-state index in [4.69, 9.17) is 40.5 Å². The summed E-state index contributed by atoms with van der Waals surface area (Å²) in [6.45, 7) is 2.36. The third kappa shape index (κ3) is 22.8. The molecule has 6 aromatic rings. The number of carbonyl (C=O) groups is 1. The summed E-state index contributed by atoms with van der Waals surface area (Å²) in [6, 6.07) is 7.68. The number of hydrogen-bond donors (Lipinski definition) is 15. The van der Waals surface area contributed by atoms with Crippen LogP contribution in [0.2, 0.25) is 0 Å². The van der Waals surface area contributed by atoms with Gasteiger partial charge < -0.3 is 86.3 Å². The van der Waals surface area contributed by atoms with Gasteiger partial charge in [-0.05, 0) is 57.5 Å². The van der Waals surface area contributed by atoms with Crippen molar-refractivity contribution in [3.05, 3.63) is 104 Å². The van der Waals surface area contributed by atoms with Crippen LogP contribution in [0.1, 0.15) is 99.2 Å². The van der Waals surface area contributed by atoms with Crippen molar-refractivity contribution in [3.8, 4) is 23.7 Å². The number of nitro groups is 2. The first-order valence-corrected chi connectivity index (χ1v) is 37.2. The van der Waals surface area contributed by atoms with Crippen molar-refractivity contribution in [2.24, 2.45) is 11.5 Å². The predicted molar refractivity (Wildman–Crippen MR) is 333 cm³/mol. The topological polar surface area (TPSA) is 657 Å². The Bertz CT molecular complexity index is 4330. The van der Waals surface area contributed by atoms with Crippen LogP contribution in [-0.2, 0) is 67.9 Å². The van der Waals surface area contributed by atoms with E-state index in [0.29, 0.717) is 35.2 Å². The minimum Gasteiger partial charge on any atom is -0.390 e. The fourth-order valence-corrected chi connectivity index (χ4v) is 15.4. The number of carbonyl (C=O) groups excluding carboxylic acids is 1. The number of phosphoric acid groups is 6. The highest BCUT2D eigenvalue weighted by Gasteiger charge is 2.45. The molecule has 0 saturated carbocycles. The van der Waals surface area contributed by atoms with Gasteiger partial charge in [0.25, 0.3) is 11.4 Å². The molecule has 1 amide bonds. The van der Waals surface area contributed by atoms with Gasteiger partial charge in [-0.25, -0.2) is 57.3 Å². The lowest BCUT2D eigenvalue weighted by atomic mass is 10.0. The van der Waals surface area contributed by atoms with E-state index in [0.717, 1.165) is 19.3 Å². The Morgan fingerprint density at radius 3 is 1.46 bits per heavy atom. The van der Waals surface area contributed by atoms with Crippen molar-refractivity contribution < 1.29 is 127 Å². The van der Waals surface area contributed by atoms with Crippen LogP contribution in [-0.4, -0.2) is 161 Å². The highest BCUT2D eigenvalue weighted by Crippen LogP contribution is 2.67. The summed E-state index contributed by atoms with van der Waals surface area (Å²) in [4.78, 5) is 133. The second-order valence-electron chi connectivity index (χ2n) is 20.7. The number of amides is 1. The average Bonchev–Trinajstić information content (AvgIpc) is 1.61. The van der Waals surface area contributed by atoms with Crippen LogP contribution in [0.5, 0.6) is 0 Å². The van der Waals surface area contributed by atoms with E-state index >= 15 is 0 Å². The summed E-state index contributed by atoms with van der Waals surface area (Å²) in [6.07, 6.45) is 0.515. The van der Waals surface area contributed by atoms with Crippen molar-refractivity contribution in [1.82, 2.24) is 44.4 Å². The lowest BCUT2D eigenvalue weighted by Crippen LogP contribution is -2.26. The number of aromatic nitrogens is 8. The molecule has 44 nitrogen and oxygen atoms in total. The summed E-state index contributed by atoms with van der Waals surface area (Å²) in [7, 11) is -33.5. The van der Waals surface area contributed by atoms with Crippen molar-refractivity contribution in [3.63, 3.8) is 0 Å². The number of nitrogens with zero attached hydrogens (tertiary/aromatic N) is 10. The van der Waals surface area contributed by atoms with Crippen LogP contribution in [0, 0.1) is 43.9 Å². The molecular weight excluding hydrogens is 1440 g/mol. The zero-order valence-corrected chi connectivity index (χ0v) is 56.1. The number of nitrogens with two attached hydrogens (primary N) is 2. The number of phosphoric ester groups is 2. The quantitative estimate of drug-likeness (QED) is 0.0101. The molecule has 12 atom stereocenters. The molecule has 2 fully saturated rings. The van der Waals surface area contributed by atoms with Gasteiger partial charge in [0, 0.05) is 42.5 Å². The third-order valence-corrected chi connectivity index (χ3v) is 21.1. The molecule has 0 aliphatic carbocycles. The smallest absolute Gasteiger partial charge is 0.390 e. The van der Waals surface area contributed by atoms with Crippen LogP contribution in [0.4, 0.5) is 23.0 Å². The highest BCUT2D eigenvalue weighted by atomic mass is 31.3. The molecule has 6 heterocycles. The first kappa shape index (κ1) is 78.4. The summed E-state index contributed by atoms with van der Waals surface area (Å²) in [5.74, 6) is 11.3. The first-order chi connectivity index (χ1) is 45.9. The highest BCUT2D eigenvalue weighted by molar-refractivity contribution is 7.67. The number of aliphatic hydroxyl groups is 2. The van der Waals surface area contributed by atoms with Crippen molar-refractivity contribution >= 4 is 98.2 Å². The van der Waals surface area contributed by atoms with E-state index in [1.54, 1.807) is 38.1 Å². The SMILES string of the molecule is C[C@H](Nc1ncnc2c1ncn2[C@H]1CC(O)[C@@H](COP(=O)(O)OP(=O)(O)OP(=O)(O)O)O1)c1ccc(C#CCN)cc1[N+](=O)[O-].C[C@H](Nc1ncnc2c1ncn2[C@H]1CC(O)[C@@H](COP(=O)(O)OP(=O)(O)OP(=O)(O)O)O1)c1ccc(C#CCNC(=O)CCCCCN)cc1[N+](=O)[O-]. The Kier molecular flexibility index (Phi) is 26.8. The molecule has 4 aromatic heterocycles. The van der Waals surface area contributed by atoms with E-state index in [2.05, 4.69) is 95.8 Å². The zero-order chi connectivity index (χ0) is 72.1. The Labute approximate surface area is 552 Å². The molecule has 2 saturated heterocycles. The molecule has 2 aliphatic rings. The monoisotopic (exact) mass is 1500 g/mol. The number of ether oxygens (including phenoxy) is 2. The molecule has 6 unspecified atom stereocenters. The molecule has 0 spiro atoms. The van der Waals surface area contributed by atoms with Crippen LogP contribution in [0.25, 0.3) is 22.3 Å². The van der Waals surface area contributed by atoms with Gasteiger partial charge in [-0.1, -0.05) is 30.1 Å². The van der Waals surface area contributed by atoms with E-state index in [1.807, 2.05) is 0 Å². The number of rotatable bonds is 30. The normalized spacial score (nSPS) is 20.9. The standard InChI is InChI=1S/C27H37N8O15P3.C21H26N7O14P3/c1-17(19-9-8-18(12-20(19)35(38)39)6-5-11-29-23(37)7-3-2-4-10-28)33-26-25-27(31-15-30-26)34(16-32-25)24-13-21(36)22(48-24)14-47-52(43,44)50-53(45,46)49-51(40,41)42;1-12(14-5-4-13(3-2-6-22)7-15(14)28(30)31)26-20-19-21(24-10-23-20)27(11-25-19)18-8-16(29)17(40-18)9-39-44(35,36)42-45(37,38)41-43(32,33)34/h8-9,12,15-17,21-22,24,36H,2-4,7,10-11,13-14,28H2,1H3,(H,29,37)(H,43,44)(H,45,46)(H,30,31,33)(H2,40,41,42);4-5,7,10-12,16-18,29H,6,8-9,22H2,1H3,(H,35,36)(H,37,38)(H,23,24,26)(H2,32,33,34)/t17-,21?,22+,24+;12-,16?,17+,18+/m00/s1. The van der Waals surface area contributed by atoms with Gasteiger partial charge in [-0.15, -0.1) is 0 Å². The summed E-state index contributed by atoms with van der Waals surface area (Å²) < 4.78 is 107. The van der Waals surface area contributed by atoms with Crippen LogP contribution in [0.3, 0.4) is 0 Å². The van der Waals surface area contributed by atoms with Gasteiger partial charge in [0.15, 0.2) is 34.0 Å². The predicted octanol–water partition coefficient (Wildman–Crippen LogP) is 3.10. The van der Waals surface area contributed by atoms with Crippen molar-refractivity contribution in [1.29, 1.82) is 0 Å². The average molecular weight is 1500 g/mol. The number of nitro benzene ring substituents is 2. The van der Waals surface area contributed by atoms with E-state index in [1.165, 1.54) is 46.6 Å². The number of nitrogens with one attached hydrogen (secondary N) is 3. The zero-order valence-electron chi connectivity index (χ0n) is 50.7. The second-order valence-corrected chi connectivity index (χ2v) is 29.5. The van der Waals surface area contributed by atoms with Gasteiger partial charge in [0.1, 0.15) is 37.3 Å². The fraction of sp³-hybridized carbons (Fsp3) is 0.438. The van der Waals surface area contributed by atoms with E-state index < -0.39 is 119 Å². The number of benzene rings is 2. The number of unbranched alkanes of at least 4 members (excludes halogenated alkanes) is 2. The van der Waals surface area contributed by atoms with Crippen LogP contribution in [0.15, 0.2) is 61.7 Å². The molecule has 17 N–H and O–H groups in total. The molecule has 50 heteroatoms. The lowest BCUT2D eigenvalue weighted by molar-refractivity contribution is -0.385. The number of hydrogen-bond acceptors (Lipinski definition) is 31. The number of aliphatic hydroxyl groups excluding tert-OH is 2. The van der Waals surface area contributed by atoms with Gasteiger partial charge in [0.2, 0.25) is 5.91 Å². The molecule has 534 valence electrons. The third-order valence-electron chi connectivity index (χ3n) is 13.5. The molecule has 0 bridgehead atoms. The molecule has 8 rings (SSSR count). The van der Waals surface area contributed by atoms with Crippen LogP contribution < -0.4 is 27.4 Å². The van der Waals surface area contributed by atoms with E-state index in [9.17, 15) is 82.2 Å². The van der Waals surface area contributed by atoms with Gasteiger partial charge in [0.05, 0.1) is 84.2 Å². The van der Waals surface area contributed by atoms with Crippen molar-refractivity contribution in [2.45, 2.75) is 101 Å². The number of anilines is 2. The first-order valence-electron chi connectivity index (χ1n) is 28.2. The number of imidazole rings is 2. The second kappa shape index (κ2) is 33.5. The minimum atomic E-state index is -5.74. The molecule has 2 aliphatic heterocycles. The molecule has 0 radical (unpaired) electrons. The Morgan fingerprint density at radius 1 is 0.633 bits per heavy atom. The molecule has 2 aromatic carbocycles. The van der Waals surface area contributed by atoms with Gasteiger partial charge >= 0.3 is 46.9 Å². The summed E-state index contributed by atoms with van der Waals surface area (Å²) in [5, 5.41) is 53.6. The maximum absolute atomic E-state index is 12.1. The van der Waals surface area contributed by atoms with Gasteiger partial charge in [-0.3, -0.25) is 43.2 Å². The molecular formula is C48H63N15O29P6. The Balaban J connectivity index is 0.000000280. The van der Waals surface area contributed by atoms with E-state index in [-0.39, 0.29) is 77.2 Å². The number of fused-ring (bicyclic) bond motifs is 2. The summed E-state index contributed by atoms with van der Waals surface area (Å²) in [5.41, 5.74) is 12.8. The fourth-order valence-electron chi connectivity index (χ4n) is 9.34. The molecule has 98 heavy (non-hydrogen) atoms. The maximum atomic E-state index is 12.1. The van der Waals surface area contributed by atoms with Crippen LogP contribution >= 0.6 is 46.9 Å². The van der Waals surface area contributed by atoms with Crippen molar-refractivity contribution in [2.75, 3.05) is 43.5 Å². The van der Waals surface area contributed by atoms with Gasteiger partial charge in [-0.2, -0.15) is 17.2 Å². The summed E-state index contributed by atoms with van der Waals surface area (Å²) >= 11 is 0.